The molecule has 19 heavy (non-hydrogen) atoms. The summed E-state index contributed by atoms with van der Waals surface area (Å²) in [6, 6.07) is 0. The van der Waals surface area contributed by atoms with E-state index in [1.165, 1.54) is 6.92 Å². The quantitative estimate of drug-likeness (QED) is 0.777. The van der Waals surface area contributed by atoms with Crippen LogP contribution in [0.1, 0.15) is 33.5 Å². The normalized spacial score (nSPS) is 15.8. The van der Waals surface area contributed by atoms with E-state index >= 15 is 0 Å². The van der Waals surface area contributed by atoms with Gasteiger partial charge in [-0.3, -0.25) is 9.59 Å². The molecule has 2 heterocycles. The van der Waals surface area contributed by atoms with Gasteiger partial charge >= 0.3 is 5.97 Å². The zero-order valence-electron chi connectivity index (χ0n) is 10.3. The molecule has 1 amide bonds. The number of carboxylic acid groups (broad SMARTS) is 1. The van der Waals surface area contributed by atoms with Crippen LogP contribution in [-0.4, -0.2) is 47.4 Å². The van der Waals surface area contributed by atoms with Gasteiger partial charge in [0.1, 0.15) is 4.88 Å². The van der Waals surface area contributed by atoms with Gasteiger partial charge in [0.2, 0.25) is 5.91 Å². The van der Waals surface area contributed by atoms with Gasteiger partial charge < -0.3 is 15.3 Å². The van der Waals surface area contributed by atoms with Crippen LogP contribution in [0.2, 0.25) is 0 Å². The minimum atomic E-state index is -1.21. The molecule has 102 valence electrons. The molecule has 1 aromatic heterocycles. The molecule has 0 radical (unpaired) electrons. The van der Waals surface area contributed by atoms with Gasteiger partial charge in [-0.15, -0.1) is 0 Å². The van der Waals surface area contributed by atoms with Crippen LogP contribution in [0.3, 0.4) is 0 Å². The highest BCUT2D eigenvalue weighted by atomic mass is 32.1. The zero-order chi connectivity index (χ0) is 14.0. The Morgan fingerprint density at radius 1 is 1.42 bits per heavy atom. The molecule has 0 unspecified atom stereocenters. The van der Waals surface area contributed by atoms with E-state index in [0.29, 0.717) is 31.2 Å². The number of carbonyl (C=O) groups excluding carboxylic acids is 2. The van der Waals surface area contributed by atoms with E-state index in [4.69, 9.17) is 5.11 Å². The van der Waals surface area contributed by atoms with Gasteiger partial charge in [0, 0.05) is 33.0 Å². The first kappa shape index (κ1) is 13.5. The number of ketones is 1. The molecule has 8 heteroatoms. The van der Waals surface area contributed by atoms with Crippen LogP contribution >= 0.6 is 11.3 Å². The van der Waals surface area contributed by atoms with Crippen LogP contribution in [0.5, 0.6) is 0 Å². The number of carbonyl (C=O) groups is 3. The molecule has 0 saturated carbocycles. The predicted molar refractivity (Wildman–Crippen MR) is 68.9 cm³/mol. The fourth-order valence-corrected chi connectivity index (χ4v) is 2.79. The molecule has 1 aliphatic heterocycles. The second kappa shape index (κ2) is 5.35. The van der Waals surface area contributed by atoms with Gasteiger partial charge in [-0.25, -0.2) is 9.78 Å². The monoisotopic (exact) mass is 283 g/mol. The average Bonchev–Trinajstić information content (AvgIpc) is 2.68. The molecule has 1 aromatic rings. The Bertz CT molecular complexity index is 509. The number of thiazole rings is 1. The summed E-state index contributed by atoms with van der Waals surface area (Å²) in [7, 11) is 0. The summed E-state index contributed by atoms with van der Waals surface area (Å²) in [6.07, 6.45) is 0.331. The molecule has 1 fully saturated rings. The number of aromatic carboxylic acids is 1. The van der Waals surface area contributed by atoms with E-state index in [-0.39, 0.29) is 22.3 Å². The van der Waals surface area contributed by atoms with Crippen LogP contribution in [-0.2, 0) is 4.79 Å². The maximum Gasteiger partial charge on any atom is 0.356 e. The fourth-order valence-electron chi connectivity index (χ4n) is 1.79. The minimum Gasteiger partial charge on any atom is -0.476 e. The van der Waals surface area contributed by atoms with E-state index in [2.05, 4.69) is 10.3 Å². The number of amides is 1. The molecule has 1 saturated heterocycles. The third-order valence-electron chi connectivity index (χ3n) is 2.72. The maximum atomic E-state index is 11.4. The Kier molecular flexibility index (Phi) is 3.79. The van der Waals surface area contributed by atoms with E-state index in [0.717, 1.165) is 11.3 Å². The highest BCUT2D eigenvalue weighted by Crippen LogP contribution is 2.27. The van der Waals surface area contributed by atoms with Gasteiger partial charge in [0.15, 0.2) is 16.6 Å². The van der Waals surface area contributed by atoms with Crippen molar-refractivity contribution in [3.63, 3.8) is 0 Å². The van der Waals surface area contributed by atoms with Crippen LogP contribution in [0.15, 0.2) is 0 Å². The number of hydrogen-bond acceptors (Lipinski definition) is 6. The molecule has 0 bridgehead atoms. The first-order valence-corrected chi connectivity index (χ1v) is 6.57. The maximum absolute atomic E-state index is 11.4. The van der Waals surface area contributed by atoms with Crippen LogP contribution in [0.4, 0.5) is 5.13 Å². The van der Waals surface area contributed by atoms with E-state index < -0.39 is 5.97 Å². The van der Waals surface area contributed by atoms with Crippen molar-refractivity contribution in [2.45, 2.75) is 13.3 Å². The summed E-state index contributed by atoms with van der Waals surface area (Å²) in [6.45, 7) is 2.82. The highest BCUT2D eigenvalue weighted by molar-refractivity contribution is 7.17. The predicted octanol–water partition coefficient (Wildman–Crippen LogP) is 0.370. The number of Topliss-reactive ketones (excluding diaryl/α,β-unsaturated/α-hetero) is 1. The second-order valence-corrected chi connectivity index (χ2v) is 5.10. The van der Waals surface area contributed by atoms with Gasteiger partial charge in [-0.2, -0.15) is 0 Å². The third-order valence-corrected chi connectivity index (χ3v) is 3.94. The van der Waals surface area contributed by atoms with Crippen molar-refractivity contribution in [1.82, 2.24) is 10.3 Å². The Morgan fingerprint density at radius 3 is 2.74 bits per heavy atom. The van der Waals surface area contributed by atoms with E-state index in [1.807, 2.05) is 4.90 Å². The molecule has 2 rings (SSSR count). The fraction of sp³-hybridized carbons (Fsp3) is 0.455. The van der Waals surface area contributed by atoms with E-state index in [1.54, 1.807) is 0 Å². The second-order valence-electron chi connectivity index (χ2n) is 4.12. The number of carboxylic acids is 1. The number of nitrogens with zero attached hydrogens (tertiary/aromatic N) is 2. The lowest BCUT2D eigenvalue weighted by Crippen LogP contribution is -2.28. The Hall–Kier alpha value is -1.96. The molecular weight excluding hydrogens is 270 g/mol. The molecular formula is C11H13N3O4S. The summed E-state index contributed by atoms with van der Waals surface area (Å²) >= 11 is 1.06. The Balaban J connectivity index is 2.29. The first-order chi connectivity index (χ1) is 8.99. The molecule has 0 spiro atoms. The number of anilines is 1. The van der Waals surface area contributed by atoms with Crippen molar-refractivity contribution in [2.75, 3.05) is 24.5 Å². The number of aromatic nitrogens is 1. The standard InChI is InChI=1S/C11H13N3O4S/c1-6(15)9-8(10(17)18)13-11(19-9)14-4-2-7(16)12-3-5-14/h2-5H2,1H3,(H,12,16)(H,17,18). The van der Waals surface area contributed by atoms with Crippen molar-refractivity contribution < 1.29 is 19.5 Å². The zero-order valence-corrected chi connectivity index (χ0v) is 11.1. The third kappa shape index (κ3) is 2.90. The highest BCUT2D eigenvalue weighted by Gasteiger charge is 2.24. The van der Waals surface area contributed by atoms with Crippen molar-refractivity contribution in [3.8, 4) is 0 Å². The number of nitrogens with one attached hydrogen (secondary N) is 1. The lowest BCUT2D eigenvalue weighted by molar-refractivity contribution is -0.120. The summed E-state index contributed by atoms with van der Waals surface area (Å²) < 4.78 is 0. The Labute approximate surface area is 113 Å². The Morgan fingerprint density at radius 2 is 2.16 bits per heavy atom. The average molecular weight is 283 g/mol. The SMILES string of the molecule is CC(=O)c1sc(N2CCNC(=O)CC2)nc1C(=O)O. The van der Waals surface area contributed by atoms with Gasteiger partial charge in [-0.1, -0.05) is 11.3 Å². The first-order valence-electron chi connectivity index (χ1n) is 5.75. The van der Waals surface area contributed by atoms with Gasteiger partial charge in [0.05, 0.1) is 0 Å². The summed E-state index contributed by atoms with van der Waals surface area (Å²) in [5.41, 5.74) is -0.212. The van der Waals surface area contributed by atoms with Crippen LogP contribution in [0, 0.1) is 0 Å². The molecule has 0 aromatic carbocycles. The van der Waals surface area contributed by atoms with Crippen molar-refractivity contribution >= 4 is 34.1 Å². The summed E-state index contributed by atoms with van der Waals surface area (Å²) in [4.78, 5) is 39.7. The van der Waals surface area contributed by atoms with Gasteiger partial charge in [0.25, 0.3) is 0 Å². The molecule has 2 N–H and O–H groups in total. The summed E-state index contributed by atoms with van der Waals surface area (Å²) in [5, 5.41) is 12.2. The topological polar surface area (TPSA) is 99.6 Å². The van der Waals surface area contributed by atoms with E-state index in [9.17, 15) is 14.4 Å². The molecule has 0 aliphatic carbocycles. The van der Waals surface area contributed by atoms with Crippen molar-refractivity contribution in [1.29, 1.82) is 0 Å². The molecule has 1 aliphatic rings. The smallest absolute Gasteiger partial charge is 0.356 e. The molecule has 7 nitrogen and oxygen atoms in total. The largest absolute Gasteiger partial charge is 0.476 e. The van der Waals surface area contributed by atoms with Crippen molar-refractivity contribution in [3.05, 3.63) is 10.6 Å². The van der Waals surface area contributed by atoms with Gasteiger partial charge in [-0.05, 0) is 0 Å². The van der Waals surface area contributed by atoms with Crippen molar-refractivity contribution in [2.24, 2.45) is 0 Å². The number of hydrogen-bond donors (Lipinski definition) is 2. The lowest BCUT2D eigenvalue weighted by Gasteiger charge is -2.17. The number of rotatable bonds is 3. The lowest BCUT2D eigenvalue weighted by atomic mass is 10.3. The van der Waals surface area contributed by atoms with Crippen LogP contribution < -0.4 is 10.2 Å². The molecule has 0 atom stereocenters. The van der Waals surface area contributed by atoms with Crippen LogP contribution in [0.25, 0.3) is 0 Å². The minimum absolute atomic E-state index is 0.0377. The summed E-state index contributed by atoms with van der Waals surface area (Å²) in [5.74, 6) is -1.56.